The van der Waals surface area contributed by atoms with Crippen LogP contribution in [-0.4, -0.2) is 22.9 Å². The topological polar surface area (TPSA) is 19.0 Å². The third kappa shape index (κ3) is 12.6. The van der Waals surface area contributed by atoms with Crippen LogP contribution in [0.5, 0.6) is 11.5 Å². The summed E-state index contributed by atoms with van der Waals surface area (Å²) in [5.74, 6) is 1.59. The lowest BCUT2D eigenvalue weighted by molar-refractivity contribution is 0.477. The molecule has 0 N–H and O–H groups in total. The minimum Gasteiger partial charge on any atom is -0.453 e. The summed E-state index contributed by atoms with van der Waals surface area (Å²) in [6.07, 6.45) is 0. The highest BCUT2D eigenvalue weighted by Crippen LogP contribution is 2.54. The number of benzene rings is 15. The molecule has 0 saturated carbocycles. The van der Waals surface area contributed by atoms with Crippen LogP contribution in [0.2, 0.25) is 0 Å². The molecule has 3 heterocycles. The third-order valence-corrected chi connectivity index (χ3v) is 33.7. The van der Waals surface area contributed by atoms with Gasteiger partial charge in [-0.25, -0.2) is 0 Å². The van der Waals surface area contributed by atoms with Gasteiger partial charge in [0.2, 0.25) is 0 Å². The lowest BCUT2D eigenvalue weighted by Crippen LogP contribution is -2.74. The number of rotatable bonds is 13. The number of hydrogen-bond acceptors (Lipinski definition) is 4. The first-order chi connectivity index (χ1) is 54.5. The van der Waals surface area contributed by atoms with E-state index in [1.165, 1.54) is 102 Å². The molecule has 3 aliphatic heterocycles. The average Bonchev–Trinajstić information content (AvgIpc) is 0.694. The molecule has 0 spiro atoms. The summed E-state index contributed by atoms with van der Waals surface area (Å²) >= 11 is 0. The van der Waals surface area contributed by atoms with Crippen LogP contribution >= 0.6 is 0 Å². The molecule has 0 radical (unpaired) electrons. The van der Waals surface area contributed by atoms with Crippen molar-refractivity contribution in [2.24, 2.45) is 0 Å². The molecule has 3 aliphatic rings. The van der Waals surface area contributed by atoms with Gasteiger partial charge in [0, 0.05) is 34.1 Å². The molecule has 4 nitrogen and oxygen atoms in total. The maximum atomic E-state index is 6.94. The molecule has 0 aliphatic carbocycles. The highest BCUT2D eigenvalue weighted by molar-refractivity contribution is 7.20. The minimum absolute atomic E-state index is 0.103. The molecule has 0 bridgehead atoms. The molecular weight excluding hydrogens is 1400 g/mol. The number of ether oxygens (including phenoxy) is 1. The van der Waals surface area contributed by atoms with Gasteiger partial charge in [0.15, 0.2) is 27.6 Å². The van der Waals surface area contributed by atoms with Crippen LogP contribution in [0.1, 0.15) is 105 Å². The Bertz CT molecular complexity index is 5440. The zero-order valence-corrected chi connectivity index (χ0v) is 69.0. The highest BCUT2D eigenvalue weighted by atomic mass is 28.3. The van der Waals surface area contributed by atoms with E-state index in [0.717, 1.165) is 62.7 Å². The lowest BCUT2D eigenvalue weighted by atomic mass is 9.33. The van der Waals surface area contributed by atoms with Gasteiger partial charge in [-0.1, -0.05) is 374 Å². The average molecular weight is 1490 g/mol. The molecule has 15 aromatic carbocycles. The summed E-state index contributed by atoms with van der Waals surface area (Å²) in [4.78, 5) is 7.74. The fourth-order valence-electron chi connectivity index (χ4n) is 18.2. The van der Waals surface area contributed by atoms with E-state index in [1.54, 1.807) is 0 Å². The van der Waals surface area contributed by atoms with Crippen molar-refractivity contribution in [2.75, 3.05) is 14.7 Å². The zero-order chi connectivity index (χ0) is 77.8. The van der Waals surface area contributed by atoms with Crippen LogP contribution in [0.15, 0.2) is 364 Å². The number of anilines is 9. The first kappa shape index (κ1) is 72.5. The summed E-state index contributed by atoms with van der Waals surface area (Å²) in [6, 6.07) is 139. The van der Waals surface area contributed by atoms with Crippen LogP contribution in [0.3, 0.4) is 0 Å². The molecule has 15 aromatic rings. The number of nitrogens with zero attached hydrogens (tertiary/aromatic N) is 3. The fourth-order valence-corrected chi connectivity index (χ4v) is 27.7. The second-order valence-electron chi connectivity index (χ2n) is 35.3. The highest BCUT2D eigenvalue weighted by Gasteiger charge is 2.48. The first-order valence-electron chi connectivity index (χ1n) is 40.1. The minimum atomic E-state index is -2.98. The van der Waals surface area contributed by atoms with E-state index in [9.17, 15) is 0 Å². The molecule has 0 amide bonds. The van der Waals surface area contributed by atoms with Crippen LogP contribution in [0.4, 0.5) is 51.2 Å². The number of fused-ring (bicyclic) bond motifs is 6. The molecular formula is C106H96BN3OSi2. The van der Waals surface area contributed by atoms with Crippen molar-refractivity contribution < 1.29 is 4.74 Å². The van der Waals surface area contributed by atoms with E-state index < -0.39 is 16.1 Å². The smallest absolute Gasteiger partial charge is 0.252 e. The monoisotopic (exact) mass is 1490 g/mol. The van der Waals surface area contributed by atoms with Crippen molar-refractivity contribution in [1.82, 2.24) is 0 Å². The SMILES string of the molecule is CC(C)(C)c1cc(-c2ccc3c(c2)N(c2ccc([Si](c4ccccc4)(c4ccccc4)c4ccccc4)cc2)c2cc(N4c5ccccc5Oc5ccccc54)cc4c2B3c2ccc(-c3cc(C(C)(C)C)cc(C(C)(C)C)c3)cc2N4c2ccc([Si](c3ccccc3)(c3ccccc3)c3ccccc3)cc2)cc(C(C)(C)C)c1. The predicted molar refractivity (Wildman–Crippen MR) is 488 cm³/mol. The van der Waals surface area contributed by atoms with Gasteiger partial charge >= 0.3 is 0 Å². The van der Waals surface area contributed by atoms with E-state index in [0.29, 0.717) is 0 Å². The van der Waals surface area contributed by atoms with Crippen molar-refractivity contribution >= 4 is 132 Å². The molecule has 0 atom stereocenters. The molecule has 0 unspecified atom stereocenters. The summed E-state index contributed by atoms with van der Waals surface area (Å²) in [6.45, 7) is 28.0. The molecule has 18 rings (SSSR count). The Morgan fingerprint density at radius 2 is 0.487 bits per heavy atom. The van der Waals surface area contributed by atoms with Gasteiger partial charge in [0.25, 0.3) is 6.71 Å². The summed E-state index contributed by atoms with van der Waals surface area (Å²) in [5.41, 5.74) is 22.9. The van der Waals surface area contributed by atoms with Crippen molar-refractivity contribution in [3.63, 3.8) is 0 Å². The maximum Gasteiger partial charge on any atom is 0.252 e. The Labute approximate surface area is 671 Å². The van der Waals surface area contributed by atoms with Crippen LogP contribution in [0, 0.1) is 0 Å². The van der Waals surface area contributed by atoms with E-state index in [-0.39, 0.29) is 28.4 Å². The van der Waals surface area contributed by atoms with Crippen molar-refractivity contribution in [1.29, 1.82) is 0 Å². The van der Waals surface area contributed by atoms with Gasteiger partial charge in [-0.3, -0.25) is 0 Å². The lowest BCUT2D eigenvalue weighted by Gasteiger charge is -2.45. The van der Waals surface area contributed by atoms with E-state index in [2.05, 4.69) is 462 Å². The van der Waals surface area contributed by atoms with E-state index >= 15 is 0 Å². The molecule has 113 heavy (non-hydrogen) atoms. The van der Waals surface area contributed by atoms with Crippen molar-refractivity contribution in [3.05, 3.63) is 386 Å². The second-order valence-corrected chi connectivity index (χ2v) is 42.9. The molecule has 7 heteroatoms. The van der Waals surface area contributed by atoms with Crippen molar-refractivity contribution in [3.8, 4) is 33.8 Å². The summed E-state index contributed by atoms with van der Waals surface area (Å²) in [5, 5.41) is 10.6. The largest absolute Gasteiger partial charge is 0.453 e. The number of hydrogen-bond donors (Lipinski definition) is 0. The third-order valence-electron chi connectivity index (χ3n) is 24.1. The Hall–Kier alpha value is -12.0. The van der Waals surface area contributed by atoms with Crippen LogP contribution < -0.4 is 77.3 Å². The molecule has 552 valence electrons. The predicted octanol–water partition coefficient (Wildman–Crippen LogP) is 20.6. The van der Waals surface area contributed by atoms with Gasteiger partial charge in [0.05, 0.1) is 17.1 Å². The fraction of sp³-hybridized carbons (Fsp3) is 0.151. The Balaban J connectivity index is 0.957. The Kier molecular flexibility index (Phi) is 18.0. The summed E-state index contributed by atoms with van der Waals surface area (Å²) < 4.78 is 6.94. The van der Waals surface area contributed by atoms with Gasteiger partial charge < -0.3 is 19.4 Å². The van der Waals surface area contributed by atoms with Crippen LogP contribution in [0.25, 0.3) is 22.3 Å². The summed E-state index contributed by atoms with van der Waals surface area (Å²) in [7, 11) is -5.97. The normalized spacial score (nSPS) is 13.3. The van der Waals surface area contributed by atoms with Gasteiger partial charge in [-0.2, -0.15) is 0 Å². The maximum absolute atomic E-state index is 6.94. The molecule has 0 saturated heterocycles. The number of para-hydroxylation sites is 4. The van der Waals surface area contributed by atoms with Gasteiger partial charge in [-0.15, -0.1) is 0 Å². The molecule has 0 fully saturated rings. The van der Waals surface area contributed by atoms with Crippen molar-refractivity contribution in [2.45, 2.75) is 105 Å². The quantitative estimate of drug-likeness (QED) is 0.0846. The Morgan fingerprint density at radius 3 is 0.779 bits per heavy atom. The second kappa shape index (κ2) is 28.0. The van der Waals surface area contributed by atoms with Gasteiger partial charge in [-0.05, 0) is 197 Å². The Morgan fingerprint density at radius 1 is 0.221 bits per heavy atom. The standard InChI is InChI=1S/C106H96BN3OSi2/c1-103(2,3)77-63-75(64-78(69-77)104(4,5)6)73-51-61-92-96(67-73)108(81-53-57-90(58-54-81)112(84-35-19-13-20-36-84,85-37-21-14-22-38-85)86-39-23-15-24-40-86)98-71-83(110-94-47-31-33-49-100(94)111-101-50-34-32-48-95(101)110)72-99-102(98)107(92)93-62-52-74(76-65-79(105(7,8)9)70-80(66-76)106(10,11)12)68-97(93)109(99)82-55-59-91(60-56-82)113(87-41-25-16-26-42-87,88-43-27-17-28-44-88)89-45-29-18-30-46-89/h13-72H,1-12H3. The molecule has 0 aromatic heterocycles. The van der Waals surface area contributed by atoms with E-state index in [4.69, 9.17) is 4.74 Å². The van der Waals surface area contributed by atoms with Crippen LogP contribution in [-0.2, 0) is 21.7 Å². The zero-order valence-electron chi connectivity index (χ0n) is 67.0. The first-order valence-corrected chi connectivity index (χ1v) is 44.1. The van der Waals surface area contributed by atoms with E-state index in [1.807, 2.05) is 0 Å². The van der Waals surface area contributed by atoms with Gasteiger partial charge in [0.1, 0.15) is 0 Å².